The molecule has 1 aliphatic carbocycles. The largest absolute Gasteiger partial charge is 0.150 e. The van der Waals surface area contributed by atoms with Gasteiger partial charge in [0.25, 0.3) is 0 Å². The lowest BCUT2D eigenvalue weighted by Crippen LogP contribution is -2.14. The summed E-state index contributed by atoms with van der Waals surface area (Å²) in [6, 6.07) is 59.2. The third kappa shape index (κ3) is 4.37. The van der Waals surface area contributed by atoms with Gasteiger partial charge in [0.1, 0.15) is 11.0 Å². The number of benzene rings is 8. The Morgan fingerprint density at radius 1 is 0.440 bits per heavy atom. The van der Waals surface area contributed by atoms with Gasteiger partial charge in [0.15, 0.2) is 0 Å². The number of para-hydroxylation sites is 1. The van der Waals surface area contributed by atoms with Crippen molar-refractivity contribution in [1.29, 1.82) is 0 Å². The summed E-state index contributed by atoms with van der Waals surface area (Å²) in [6.07, 6.45) is 0. The first-order chi connectivity index (χ1) is 24.5. The smallest absolute Gasteiger partial charge is 0.122 e. The SMILES string of the molecule is CC1(C)c2ccccc2-c2ccc(-c3ccccc3-c3cccc(-c4ccc5c(ccc6ccc7nn(-c8ccccc8)nc7c65)c4)c3)cc21. The predicted octanol–water partition coefficient (Wildman–Crippen LogP) is 12.0. The molecule has 0 saturated heterocycles. The molecule has 3 nitrogen and oxygen atoms in total. The highest BCUT2D eigenvalue weighted by molar-refractivity contribution is 6.18. The average molecular weight is 640 g/mol. The fourth-order valence-electron chi connectivity index (χ4n) is 8.11. The number of nitrogens with zero attached hydrogens (tertiary/aromatic N) is 3. The monoisotopic (exact) mass is 639 g/mol. The van der Waals surface area contributed by atoms with Crippen LogP contribution < -0.4 is 0 Å². The summed E-state index contributed by atoms with van der Waals surface area (Å²) in [4.78, 5) is 1.74. The molecule has 0 atom stereocenters. The summed E-state index contributed by atoms with van der Waals surface area (Å²) in [6.45, 7) is 4.69. The van der Waals surface area contributed by atoms with Crippen molar-refractivity contribution in [3.05, 3.63) is 175 Å². The molecule has 1 aromatic heterocycles. The zero-order valence-electron chi connectivity index (χ0n) is 27.9. The first kappa shape index (κ1) is 28.7. The molecular formula is C47H33N3. The summed E-state index contributed by atoms with van der Waals surface area (Å²) in [5.41, 5.74) is 15.5. The van der Waals surface area contributed by atoms with Gasteiger partial charge < -0.3 is 0 Å². The van der Waals surface area contributed by atoms with Crippen molar-refractivity contribution in [3.8, 4) is 50.2 Å². The van der Waals surface area contributed by atoms with Crippen LogP contribution in [0.1, 0.15) is 25.0 Å². The maximum absolute atomic E-state index is 4.96. The van der Waals surface area contributed by atoms with Gasteiger partial charge in [-0.25, -0.2) is 0 Å². The van der Waals surface area contributed by atoms with E-state index in [2.05, 4.69) is 147 Å². The van der Waals surface area contributed by atoms with Crippen LogP contribution >= 0.6 is 0 Å². The van der Waals surface area contributed by atoms with Crippen LogP contribution in [0.2, 0.25) is 0 Å². The average Bonchev–Trinajstić information content (AvgIpc) is 3.71. The van der Waals surface area contributed by atoms with E-state index in [1.54, 1.807) is 4.80 Å². The first-order valence-electron chi connectivity index (χ1n) is 17.3. The van der Waals surface area contributed by atoms with E-state index in [4.69, 9.17) is 10.2 Å². The molecule has 0 spiro atoms. The van der Waals surface area contributed by atoms with Gasteiger partial charge in [-0.3, -0.25) is 0 Å². The minimum Gasteiger partial charge on any atom is -0.150 e. The third-order valence-corrected chi connectivity index (χ3v) is 10.7. The summed E-state index contributed by atoms with van der Waals surface area (Å²) in [5, 5.41) is 14.4. The minimum absolute atomic E-state index is 0.0393. The Balaban J connectivity index is 1.05. The zero-order valence-corrected chi connectivity index (χ0v) is 27.9. The Hall–Kier alpha value is -6.32. The Morgan fingerprint density at radius 3 is 1.92 bits per heavy atom. The van der Waals surface area contributed by atoms with Crippen molar-refractivity contribution in [3.63, 3.8) is 0 Å². The van der Waals surface area contributed by atoms with E-state index in [0.29, 0.717) is 0 Å². The molecule has 9 aromatic rings. The molecule has 0 bridgehead atoms. The fraction of sp³-hybridized carbons (Fsp3) is 0.0638. The minimum atomic E-state index is -0.0393. The molecule has 0 saturated carbocycles. The van der Waals surface area contributed by atoms with E-state index in [1.807, 2.05) is 30.3 Å². The molecule has 1 heterocycles. The van der Waals surface area contributed by atoms with Gasteiger partial charge >= 0.3 is 0 Å². The van der Waals surface area contributed by atoms with Crippen molar-refractivity contribution >= 4 is 32.6 Å². The highest BCUT2D eigenvalue weighted by Gasteiger charge is 2.35. The highest BCUT2D eigenvalue weighted by atomic mass is 15.5. The quantitative estimate of drug-likeness (QED) is 0.179. The summed E-state index contributed by atoms with van der Waals surface area (Å²) in [5.74, 6) is 0. The molecule has 1 aliphatic rings. The lowest BCUT2D eigenvalue weighted by atomic mass is 9.81. The first-order valence-corrected chi connectivity index (χ1v) is 17.3. The van der Waals surface area contributed by atoms with Gasteiger partial charge in [-0.05, 0) is 108 Å². The second kappa shape index (κ2) is 10.8. The standard InChI is InChI=1S/C47H33N3/c1-47(2)42-18-9-8-17-40(42)41-25-22-35(29-43(41)47)38-16-7-6-15-37(38)33-12-10-11-31(27-33)32-21-24-39-34(28-32)20-19-30-23-26-44-46(45(30)39)49-50(48-44)36-13-4-3-5-14-36/h3-29H,1-2H3. The second-order valence-electron chi connectivity index (χ2n) is 13.9. The Labute approximate surface area is 291 Å². The van der Waals surface area contributed by atoms with E-state index >= 15 is 0 Å². The highest BCUT2D eigenvalue weighted by Crippen LogP contribution is 2.50. The Kier molecular flexibility index (Phi) is 6.22. The van der Waals surface area contributed by atoms with E-state index in [0.717, 1.165) is 27.5 Å². The van der Waals surface area contributed by atoms with Gasteiger partial charge in [0, 0.05) is 10.8 Å². The van der Waals surface area contributed by atoms with Gasteiger partial charge in [0.2, 0.25) is 0 Å². The van der Waals surface area contributed by atoms with E-state index in [1.165, 1.54) is 66.4 Å². The zero-order chi connectivity index (χ0) is 33.4. The molecule has 0 radical (unpaired) electrons. The molecule has 0 fully saturated rings. The normalized spacial score (nSPS) is 13.2. The van der Waals surface area contributed by atoms with E-state index in [9.17, 15) is 0 Å². The van der Waals surface area contributed by atoms with Crippen molar-refractivity contribution < 1.29 is 0 Å². The topological polar surface area (TPSA) is 30.7 Å². The number of hydrogen-bond donors (Lipinski definition) is 0. The van der Waals surface area contributed by atoms with Gasteiger partial charge in [-0.1, -0.05) is 141 Å². The van der Waals surface area contributed by atoms with Crippen LogP contribution in [0.4, 0.5) is 0 Å². The molecule has 10 rings (SSSR count). The molecule has 0 unspecified atom stereocenters. The van der Waals surface area contributed by atoms with E-state index in [-0.39, 0.29) is 5.41 Å². The van der Waals surface area contributed by atoms with Crippen LogP contribution in [-0.2, 0) is 5.41 Å². The molecule has 3 heteroatoms. The molecule has 0 aliphatic heterocycles. The molecule has 0 amide bonds. The van der Waals surface area contributed by atoms with Crippen LogP contribution in [0.5, 0.6) is 0 Å². The lowest BCUT2D eigenvalue weighted by Gasteiger charge is -2.22. The number of aromatic nitrogens is 3. The summed E-state index contributed by atoms with van der Waals surface area (Å²) >= 11 is 0. The van der Waals surface area contributed by atoms with Crippen molar-refractivity contribution in [1.82, 2.24) is 15.0 Å². The van der Waals surface area contributed by atoms with Crippen LogP contribution in [0.25, 0.3) is 82.8 Å². The maximum atomic E-state index is 4.96. The molecule has 0 N–H and O–H groups in total. The van der Waals surface area contributed by atoms with Gasteiger partial charge in [0.05, 0.1) is 5.69 Å². The Bertz CT molecular complexity index is 2790. The lowest BCUT2D eigenvalue weighted by molar-refractivity contribution is 0.660. The molecular weight excluding hydrogens is 607 g/mol. The number of hydrogen-bond acceptors (Lipinski definition) is 2. The van der Waals surface area contributed by atoms with Crippen molar-refractivity contribution in [2.75, 3.05) is 0 Å². The third-order valence-electron chi connectivity index (χ3n) is 10.7. The van der Waals surface area contributed by atoms with Crippen LogP contribution in [-0.4, -0.2) is 15.0 Å². The molecule has 8 aromatic carbocycles. The van der Waals surface area contributed by atoms with Crippen LogP contribution in [0.15, 0.2) is 164 Å². The number of fused-ring (bicyclic) bond motifs is 8. The van der Waals surface area contributed by atoms with Crippen molar-refractivity contribution in [2.24, 2.45) is 0 Å². The fourth-order valence-corrected chi connectivity index (χ4v) is 8.11. The van der Waals surface area contributed by atoms with Crippen molar-refractivity contribution in [2.45, 2.75) is 19.3 Å². The van der Waals surface area contributed by atoms with Crippen LogP contribution in [0.3, 0.4) is 0 Å². The van der Waals surface area contributed by atoms with E-state index < -0.39 is 0 Å². The predicted molar refractivity (Wildman–Crippen MR) is 208 cm³/mol. The Morgan fingerprint density at radius 2 is 1.08 bits per heavy atom. The second-order valence-corrected chi connectivity index (χ2v) is 13.9. The summed E-state index contributed by atoms with van der Waals surface area (Å²) in [7, 11) is 0. The van der Waals surface area contributed by atoms with Gasteiger partial charge in [-0.15, -0.1) is 10.2 Å². The van der Waals surface area contributed by atoms with Gasteiger partial charge in [-0.2, -0.15) is 4.80 Å². The maximum Gasteiger partial charge on any atom is 0.122 e. The molecule has 50 heavy (non-hydrogen) atoms. The summed E-state index contributed by atoms with van der Waals surface area (Å²) < 4.78 is 0. The molecule has 236 valence electrons. The van der Waals surface area contributed by atoms with Crippen LogP contribution in [0, 0.1) is 0 Å². The number of rotatable bonds is 4.